The summed E-state index contributed by atoms with van der Waals surface area (Å²) in [6.07, 6.45) is 4.88. The number of likely N-dealkylation sites (N-methyl/N-ethyl adjacent to an activating group) is 1. The zero-order valence-corrected chi connectivity index (χ0v) is 19.3. The zero-order valence-electron chi connectivity index (χ0n) is 16.9. The van der Waals surface area contributed by atoms with Gasteiger partial charge >= 0.3 is 0 Å². The molecule has 1 fully saturated rings. The zero-order chi connectivity index (χ0) is 19.0. The number of halogens is 2. The molecule has 1 saturated carbocycles. The Balaban J connectivity index is 0.00000364. The molecule has 1 aromatic carbocycles. The number of hydrogen-bond acceptors (Lipinski definition) is 3. The van der Waals surface area contributed by atoms with E-state index in [9.17, 15) is 4.39 Å². The van der Waals surface area contributed by atoms with Gasteiger partial charge in [0.15, 0.2) is 5.96 Å². The normalized spacial score (nSPS) is 17.0. The molecule has 2 N–H and O–H groups in total. The maximum atomic E-state index is 13.2. The molecule has 2 rings (SSSR count). The van der Waals surface area contributed by atoms with Gasteiger partial charge in [-0.1, -0.05) is 18.6 Å². The summed E-state index contributed by atoms with van der Waals surface area (Å²) in [4.78, 5) is 6.48. The van der Waals surface area contributed by atoms with Gasteiger partial charge in [-0.3, -0.25) is 4.99 Å². The molecule has 1 atom stereocenters. The van der Waals surface area contributed by atoms with Gasteiger partial charge in [0.2, 0.25) is 0 Å². The topological polar surface area (TPSA) is 48.9 Å². The fourth-order valence-electron chi connectivity index (χ4n) is 3.48. The standard InChI is InChI=1S/C20H33FN4O.HI/c1-22-19(24-15-20(10-5-11-20)12-13-26-4)23-14-18(25(2)3)16-6-8-17(21)9-7-16;/h6-9,18H,5,10-15H2,1-4H3,(H2,22,23,24);1H. The van der Waals surface area contributed by atoms with E-state index >= 15 is 0 Å². The van der Waals surface area contributed by atoms with Gasteiger partial charge in [0.25, 0.3) is 0 Å². The van der Waals surface area contributed by atoms with Gasteiger partial charge in [-0.25, -0.2) is 4.39 Å². The predicted octanol–water partition coefficient (Wildman–Crippen LogP) is 3.42. The van der Waals surface area contributed by atoms with Crippen molar-refractivity contribution in [3.8, 4) is 0 Å². The highest BCUT2D eigenvalue weighted by Crippen LogP contribution is 2.43. The number of ether oxygens (including phenoxy) is 1. The van der Waals surface area contributed by atoms with Crippen LogP contribution >= 0.6 is 24.0 Å². The molecule has 27 heavy (non-hydrogen) atoms. The summed E-state index contributed by atoms with van der Waals surface area (Å²) in [5.41, 5.74) is 1.42. The van der Waals surface area contributed by atoms with Crippen molar-refractivity contribution in [2.24, 2.45) is 10.4 Å². The molecule has 1 aromatic rings. The fraction of sp³-hybridized carbons (Fsp3) is 0.650. The highest BCUT2D eigenvalue weighted by Gasteiger charge is 2.36. The van der Waals surface area contributed by atoms with Gasteiger partial charge in [-0.05, 0) is 56.5 Å². The molecule has 0 spiro atoms. The minimum atomic E-state index is -0.210. The summed E-state index contributed by atoms with van der Waals surface area (Å²) in [5, 5.41) is 6.89. The van der Waals surface area contributed by atoms with Gasteiger partial charge < -0.3 is 20.3 Å². The van der Waals surface area contributed by atoms with Crippen molar-refractivity contribution < 1.29 is 9.13 Å². The third-order valence-electron chi connectivity index (χ3n) is 5.45. The SMILES string of the molecule is CN=C(NCC(c1ccc(F)cc1)N(C)C)NCC1(CCOC)CCC1.I. The smallest absolute Gasteiger partial charge is 0.191 e. The lowest BCUT2D eigenvalue weighted by molar-refractivity contribution is 0.0732. The van der Waals surface area contributed by atoms with E-state index in [-0.39, 0.29) is 35.8 Å². The molecule has 0 radical (unpaired) electrons. The van der Waals surface area contributed by atoms with Gasteiger partial charge in [-0.15, -0.1) is 24.0 Å². The van der Waals surface area contributed by atoms with Crippen LogP contribution in [-0.4, -0.2) is 58.8 Å². The molecule has 0 aliphatic heterocycles. The van der Waals surface area contributed by atoms with Crippen molar-refractivity contribution in [1.82, 2.24) is 15.5 Å². The molecule has 0 bridgehead atoms. The van der Waals surface area contributed by atoms with E-state index in [1.54, 1.807) is 14.2 Å². The van der Waals surface area contributed by atoms with Crippen LogP contribution in [0.5, 0.6) is 0 Å². The lowest BCUT2D eigenvalue weighted by Crippen LogP contribution is -2.48. The Morgan fingerprint density at radius 3 is 2.41 bits per heavy atom. The lowest BCUT2D eigenvalue weighted by atomic mass is 9.67. The van der Waals surface area contributed by atoms with E-state index in [0.29, 0.717) is 12.0 Å². The van der Waals surface area contributed by atoms with Crippen LogP contribution < -0.4 is 10.6 Å². The monoisotopic (exact) mass is 492 g/mol. The number of methoxy groups -OCH3 is 1. The molecule has 5 nitrogen and oxygen atoms in total. The predicted molar refractivity (Wildman–Crippen MR) is 120 cm³/mol. The number of nitrogens with zero attached hydrogens (tertiary/aromatic N) is 2. The second kappa shape index (κ2) is 11.8. The number of aliphatic imine (C=N–C) groups is 1. The van der Waals surface area contributed by atoms with E-state index in [1.165, 1.54) is 31.4 Å². The van der Waals surface area contributed by atoms with E-state index < -0.39 is 0 Å². The third kappa shape index (κ3) is 7.19. The molecule has 1 unspecified atom stereocenters. The van der Waals surface area contributed by atoms with Crippen LogP contribution in [-0.2, 0) is 4.74 Å². The highest BCUT2D eigenvalue weighted by molar-refractivity contribution is 14.0. The Labute approximate surface area is 180 Å². The second-order valence-electron chi connectivity index (χ2n) is 7.43. The first-order valence-electron chi connectivity index (χ1n) is 9.35. The molecule has 0 saturated heterocycles. The Bertz CT molecular complexity index is 576. The second-order valence-corrected chi connectivity index (χ2v) is 7.43. The summed E-state index contributed by atoms with van der Waals surface area (Å²) < 4.78 is 18.5. The van der Waals surface area contributed by atoms with Crippen molar-refractivity contribution in [1.29, 1.82) is 0 Å². The maximum absolute atomic E-state index is 13.2. The first-order valence-corrected chi connectivity index (χ1v) is 9.35. The summed E-state index contributed by atoms with van der Waals surface area (Å²) in [6, 6.07) is 6.84. The molecule has 0 aromatic heterocycles. The third-order valence-corrected chi connectivity index (χ3v) is 5.45. The highest BCUT2D eigenvalue weighted by atomic mass is 127. The van der Waals surface area contributed by atoms with Crippen LogP contribution in [0.1, 0.15) is 37.3 Å². The number of nitrogens with one attached hydrogen (secondary N) is 2. The van der Waals surface area contributed by atoms with Gasteiger partial charge in [0, 0.05) is 33.9 Å². The minimum absolute atomic E-state index is 0. The van der Waals surface area contributed by atoms with Crippen molar-refractivity contribution >= 4 is 29.9 Å². The number of benzene rings is 1. The first kappa shape index (κ1) is 24.1. The van der Waals surface area contributed by atoms with Gasteiger partial charge in [0.1, 0.15) is 5.82 Å². The van der Waals surface area contributed by atoms with Crippen LogP contribution in [0.25, 0.3) is 0 Å². The molecule has 7 heteroatoms. The molecule has 154 valence electrons. The summed E-state index contributed by atoms with van der Waals surface area (Å²) in [7, 11) is 7.61. The van der Waals surface area contributed by atoms with Crippen LogP contribution in [0.4, 0.5) is 4.39 Å². The number of hydrogen-bond donors (Lipinski definition) is 2. The lowest BCUT2D eigenvalue weighted by Gasteiger charge is -2.42. The van der Waals surface area contributed by atoms with E-state index in [1.807, 2.05) is 26.2 Å². The maximum Gasteiger partial charge on any atom is 0.191 e. The Hall–Kier alpha value is -0.930. The van der Waals surface area contributed by atoms with Crippen LogP contribution in [0.3, 0.4) is 0 Å². The quantitative estimate of drug-likeness (QED) is 0.315. The van der Waals surface area contributed by atoms with Crippen LogP contribution in [0.2, 0.25) is 0 Å². The molecule has 1 aliphatic carbocycles. The first-order chi connectivity index (χ1) is 12.5. The Morgan fingerprint density at radius 2 is 1.93 bits per heavy atom. The van der Waals surface area contributed by atoms with E-state index in [4.69, 9.17) is 4.74 Å². The molecular weight excluding hydrogens is 458 g/mol. The van der Waals surface area contributed by atoms with E-state index in [2.05, 4.69) is 20.5 Å². The summed E-state index contributed by atoms with van der Waals surface area (Å²) >= 11 is 0. The van der Waals surface area contributed by atoms with Crippen LogP contribution in [0.15, 0.2) is 29.3 Å². The average molecular weight is 492 g/mol. The van der Waals surface area contributed by atoms with Crippen molar-refractivity contribution in [3.05, 3.63) is 35.6 Å². The fourth-order valence-corrected chi connectivity index (χ4v) is 3.48. The molecular formula is C20H34FIN4O. The Morgan fingerprint density at radius 1 is 1.26 bits per heavy atom. The minimum Gasteiger partial charge on any atom is -0.385 e. The molecule has 0 amide bonds. The molecule has 0 heterocycles. The molecule has 1 aliphatic rings. The van der Waals surface area contributed by atoms with Crippen molar-refractivity contribution in [3.63, 3.8) is 0 Å². The number of guanidine groups is 1. The summed E-state index contributed by atoms with van der Waals surface area (Å²) in [5.74, 6) is 0.598. The Kier molecular flexibility index (Phi) is 10.5. The summed E-state index contributed by atoms with van der Waals surface area (Å²) in [6.45, 7) is 2.42. The largest absolute Gasteiger partial charge is 0.385 e. The van der Waals surface area contributed by atoms with Gasteiger partial charge in [0.05, 0.1) is 6.04 Å². The van der Waals surface area contributed by atoms with E-state index in [0.717, 1.165) is 31.1 Å². The average Bonchev–Trinajstić information content (AvgIpc) is 2.60. The van der Waals surface area contributed by atoms with Crippen molar-refractivity contribution in [2.75, 3.05) is 47.9 Å². The van der Waals surface area contributed by atoms with Crippen molar-refractivity contribution in [2.45, 2.75) is 31.7 Å². The van der Waals surface area contributed by atoms with Gasteiger partial charge in [-0.2, -0.15) is 0 Å². The van der Waals surface area contributed by atoms with Crippen LogP contribution in [0, 0.1) is 11.2 Å². The number of rotatable bonds is 9.